The van der Waals surface area contributed by atoms with Crippen LogP contribution >= 0.6 is 0 Å². The standard InChI is InChI=1S/C20H22F3NO4/c1-4-28-16-10-9-14(20(21,22)23)12-15(16)24-18(25)11-8-13-6-5-7-17(26-2)19(13)27-3/h5-7,9-10,12H,4,8,11H2,1-3H3,(H,24,25). The first-order chi connectivity index (χ1) is 13.3. The first-order valence-corrected chi connectivity index (χ1v) is 8.63. The lowest BCUT2D eigenvalue weighted by Crippen LogP contribution is -2.15. The van der Waals surface area contributed by atoms with E-state index in [1.165, 1.54) is 20.3 Å². The van der Waals surface area contributed by atoms with Crippen molar-refractivity contribution >= 4 is 11.6 Å². The number of ether oxygens (including phenoxy) is 3. The van der Waals surface area contributed by atoms with Gasteiger partial charge in [0.15, 0.2) is 11.5 Å². The number of nitrogens with one attached hydrogen (secondary N) is 1. The minimum absolute atomic E-state index is 0.0146. The lowest BCUT2D eigenvalue weighted by atomic mass is 10.1. The van der Waals surface area contributed by atoms with Crippen molar-refractivity contribution in [2.24, 2.45) is 0 Å². The largest absolute Gasteiger partial charge is 0.493 e. The van der Waals surface area contributed by atoms with E-state index < -0.39 is 17.6 Å². The minimum Gasteiger partial charge on any atom is -0.493 e. The highest BCUT2D eigenvalue weighted by atomic mass is 19.4. The number of para-hydroxylation sites is 1. The maximum atomic E-state index is 13.0. The highest BCUT2D eigenvalue weighted by Gasteiger charge is 2.31. The van der Waals surface area contributed by atoms with Crippen molar-refractivity contribution in [2.75, 3.05) is 26.1 Å². The lowest BCUT2D eigenvalue weighted by Gasteiger charge is -2.15. The molecule has 152 valence electrons. The Balaban J connectivity index is 2.15. The number of aryl methyl sites for hydroxylation is 1. The van der Waals surface area contributed by atoms with Gasteiger partial charge in [0.25, 0.3) is 0 Å². The molecule has 0 fully saturated rings. The van der Waals surface area contributed by atoms with E-state index in [1.54, 1.807) is 25.1 Å². The zero-order valence-electron chi connectivity index (χ0n) is 15.9. The number of carbonyl (C=O) groups is 1. The van der Waals surface area contributed by atoms with Gasteiger partial charge in [0.1, 0.15) is 5.75 Å². The van der Waals surface area contributed by atoms with Crippen molar-refractivity contribution in [3.05, 3.63) is 47.5 Å². The summed E-state index contributed by atoms with van der Waals surface area (Å²) in [5.41, 5.74) is -0.119. The van der Waals surface area contributed by atoms with Crippen molar-refractivity contribution in [1.82, 2.24) is 0 Å². The molecule has 0 aliphatic heterocycles. The molecule has 0 bridgehead atoms. The van der Waals surface area contributed by atoms with Crippen LogP contribution in [0.5, 0.6) is 17.2 Å². The smallest absolute Gasteiger partial charge is 0.416 e. The van der Waals surface area contributed by atoms with Crippen LogP contribution in [-0.4, -0.2) is 26.7 Å². The number of benzene rings is 2. The number of rotatable bonds is 8. The molecule has 0 aliphatic rings. The molecule has 5 nitrogen and oxygen atoms in total. The normalized spacial score (nSPS) is 11.1. The van der Waals surface area contributed by atoms with Crippen molar-refractivity contribution in [2.45, 2.75) is 25.9 Å². The molecule has 1 amide bonds. The maximum Gasteiger partial charge on any atom is 0.416 e. The minimum atomic E-state index is -4.52. The molecule has 0 saturated heterocycles. The third-order valence-electron chi connectivity index (χ3n) is 3.99. The third kappa shape index (κ3) is 5.31. The summed E-state index contributed by atoms with van der Waals surface area (Å²) in [6.45, 7) is 1.97. The van der Waals surface area contributed by atoms with E-state index in [9.17, 15) is 18.0 Å². The SMILES string of the molecule is CCOc1ccc(C(F)(F)F)cc1NC(=O)CCc1cccc(OC)c1OC. The number of halogens is 3. The predicted octanol–water partition coefficient (Wildman–Crippen LogP) is 4.69. The van der Waals surface area contributed by atoms with Gasteiger partial charge in [-0.25, -0.2) is 0 Å². The first-order valence-electron chi connectivity index (χ1n) is 8.63. The fourth-order valence-electron chi connectivity index (χ4n) is 2.70. The van der Waals surface area contributed by atoms with Crippen LogP contribution in [0.15, 0.2) is 36.4 Å². The molecule has 2 aromatic carbocycles. The molecule has 2 rings (SSSR count). The summed E-state index contributed by atoms with van der Waals surface area (Å²) in [7, 11) is 3.01. The van der Waals surface area contributed by atoms with Crippen LogP contribution in [0, 0.1) is 0 Å². The Bertz CT molecular complexity index is 822. The molecule has 28 heavy (non-hydrogen) atoms. The molecule has 0 heterocycles. The van der Waals surface area contributed by atoms with Crippen LogP contribution < -0.4 is 19.5 Å². The van der Waals surface area contributed by atoms with Crippen LogP contribution in [-0.2, 0) is 17.4 Å². The second-order valence-corrected chi connectivity index (χ2v) is 5.84. The molecular weight excluding hydrogens is 375 g/mol. The van der Waals surface area contributed by atoms with Crippen LogP contribution in [0.4, 0.5) is 18.9 Å². The Morgan fingerprint density at radius 3 is 2.43 bits per heavy atom. The van der Waals surface area contributed by atoms with E-state index in [1.807, 2.05) is 0 Å². The van der Waals surface area contributed by atoms with Gasteiger partial charge < -0.3 is 19.5 Å². The Morgan fingerprint density at radius 2 is 1.82 bits per heavy atom. The predicted molar refractivity (Wildman–Crippen MR) is 99.1 cm³/mol. The third-order valence-corrected chi connectivity index (χ3v) is 3.99. The summed E-state index contributed by atoms with van der Waals surface area (Å²) in [6.07, 6.45) is -4.14. The van der Waals surface area contributed by atoms with Gasteiger partial charge in [-0.2, -0.15) is 13.2 Å². The molecule has 0 aliphatic carbocycles. The van der Waals surface area contributed by atoms with E-state index in [0.717, 1.165) is 17.7 Å². The zero-order chi connectivity index (χ0) is 20.7. The second kappa shape index (κ2) is 9.34. The van der Waals surface area contributed by atoms with Gasteiger partial charge in [-0.15, -0.1) is 0 Å². The zero-order valence-corrected chi connectivity index (χ0v) is 15.9. The summed E-state index contributed by atoms with van der Waals surface area (Å²) in [6, 6.07) is 8.29. The van der Waals surface area contributed by atoms with Crippen LogP contribution in [0.3, 0.4) is 0 Å². The van der Waals surface area contributed by atoms with Crippen LogP contribution in [0.1, 0.15) is 24.5 Å². The van der Waals surface area contributed by atoms with Gasteiger partial charge in [-0.1, -0.05) is 12.1 Å². The van der Waals surface area contributed by atoms with Crippen molar-refractivity contribution < 1.29 is 32.2 Å². The summed E-state index contributed by atoms with van der Waals surface area (Å²) in [5.74, 6) is 0.803. The van der Waals surface area contributed by atoms with Crippen molar-refractivity contribution in [3.8, 4) is 17.2 Å². The molecule has 0 atom stereocenters. The topological polar surface area (TPSA) is 56.8 Å². The Kier molecular flexibility index (Phi) is 7.14. The van der Waals surface area contributed by atoms with Gasteiger partial charge in [0, 0.05) is 6.42 Å². The van der Waals surface area contributed by atoms with E-state index in [0.29, 0.717) is 17.9 Å². The Morgan fingerprint density at radius 1 is 1.07 bits per heavy atom. The number of methoxy groups -OCH3 is 2. The summed E-state index contributed by atoms with van der Waals surface area (Å²) in [5, 5.41) is 2.51. The molecule has 0 spiro atoms. The molecule has 0 saturated carbocycles. The first kappa shape index (κ1) is 21.4. The average Bonchev–Trinajstić information content (AvgIpc) is 2.66. The molecule has 0 radical (unpaired) electrons. The van der Waals surface area contributed by atoms with Crippen molar-refractivity contribution in [3.63, 3.8) is 0 Å². The lowest BCUT2D eigenvalue weighted by molar-refractivity contribution is -0.137. The number of hydrogen-bond donors (Lipinski definition) is 1. The van der Waals surface area contributed by atoms with E-state index >= 15 is 0 Å². The Labute approximate surface area is 161 Å². The van der Waals surface area contributed by atoms with Gasteiger partial charge in [-0.3, -0.25) is 4.79 Å². The number of carbonyl (C=O) groups excluding carboxylic acids is 1. The molecular formula is C20H22F3NO4. The second-order valence-electron chi connectivity index (χ2n) is 5.84. The highest BCUT2D eigenvalue weighted by molar-refractivity contribution is 5.92. The van der Waals surface area contributed by atoms with Gasteiger partial charge in [0.05, 0.1) is 32.1 Å². The highest BCUT2D eigenvalue weighted by Crippen LogP contribution is 2.35. The molecule has 1 N–H and O–H groups in total. The molecule has 0 unspecified atom stereocenters. The monoisotopic (exact) mass is 397 g/mol. The maximum absolute atomic E-state index is 13.0. The van der Waals surface area contributed by atoms with Gasteiger partial charge in [-0.05, 0) is 43.2 Å². The summed E-state index contributed by atoms with van der Waals surface area (Å²) < 4.78 is 54.8. The molecule has 0 aromatic heterocycles. The van der Waals surface area contributed by atoms with E-state index in [2.05, 4.69) is 5.32 Å². The number of anilines is 1. The molecule has 2 aromatic rings. The van der Waals surface area contributed by atoms with Gasteiger partial charge in [0.2, 0.25) is 5.91 Å². The quantitative estimate of drug-likeness (QED) is 0.702. The number of alkyl halides is 3. The fourth-order valence-corrected chi connectivity index (χ4v) is 2.70. The summed E-state index contributed by atoms with van der Waals surface area (Å²) in [4.78, 5) is 12.3. The van der Waals surface area contributed by atoms with Gasteiger partial charge >= 0.3 is 6.18 Å². The van der Waals surface area contributed by atoms with E-state index in [-0.39, 0.29) is 24.5 Å². The van der Waals surface area contributed by atoms with Crippen molar-refractivity contribution in [1.29, 1.82) is 0 Å². The number of amides is 1. The fraction of sp³-hybridized carbons (Fsp3) is 0.350. The van der Waals surface area contributed by atoms with Crippen LogP contribution in [0.2, 0.25) is 0 Å². The summed E-state index contributed by atoms with van der Waals surface area (Å²) >= 11 is 0. The van der Waals surface area contributed by atoms with Crippen LogP contribution in [0.25, 0.3) is 0 Å². The molecule has 8 heteroatoms. The average molecular weight is 397 g/mol. The van der Waals surface area contributed by atoms with E-state index in [4.69, 9.17) is 14.2 Å². The number of hydrogen-bond acceptors (Lipinski definition) is 4. The Hall–Kier alpha value is -2.90.